The van der Waals surface area contributed by atoms with Crippen LogP contribution < -0.4 is 0 Å². The molecule has 0 amide bonds. The van der Waals surface area contributed by atoms with Crippen molar-refractivity contribution in [2.45, 2.75) is 12.2 Å². The molecule has 2 atom stereocenters. The van der Waals surface area contributed by atoms with Crippen LogP contribution in [-0.4, -0.2) is 40.7 Å². The summed E-state index contributed by atoms with van der Waals surface area (Å²) in [5.41, 5.74) is 0. The van der Waals surface area contributed by atoms with E-state index in [1.807, 2.05) is 0 Å². The van der Waals surface area contributed by atoms with E-state index in [1.165, 1.54) is 0 Å². The third kappa shape index (κ3) is 1.21. The van der Waals surface area contributed by atoms with Crippen molar-refractivity contribution in [3.63, 3.8) is 0 Å². The number of aliphatic hydroxyl groups excluding tert-OH is 3. The van der Waals surface area contributed by atoms with E-state index in [4.69, 9.17) is 20.1 Å². The molecule has 0 aromatic rings. The summed E-state index contributed by atoms with van der Waals surface area (Å²) in [5, 5.41) is 26.1. The van der Waals surface area contributed by atoms with Gasteiger partial charge in [0.25, 0.3) is 0 Å². The number of aliphatic hydroxyl groups is 3. The standard InChI is InChI=1S/C5H9O4/c6-1-4-5(8)3(7)2-9-4/h3,5-8H,1-2H2/t3-,5-/m0/s1. The van der Waals surface area contributed by atoms with Gasteiger partial charge >= 0.3 is 0 Å². The molecule has 1 heterocycles. The van der Waals surface area contributed by atoms with Crippen LogP contribution in [0.5, 0.6) is 0 Å². The van der Waals surface area contributed by atoms with Crippen LogP contribution in [-0.2, 0) is 4.74 Å². The highest BCUT2D eigenvalue weighted by Crippen LogP contribution is 2.19. The predicted molar refractivity (Wildman–Crippen MR) is 28.3 cm³/mol. The van der Waals surface area contributed by atoms with E-state index in [9.17, 15) is 0 Å². The fourth-order valence-corrected chi connectivity index (χ4v) is 0.723. The lowest BCUT2D eigenvalue weighted by Crippen LogP contribution is -2.26. The lowest BCUT2D eigenvalue weighted by molar-refractivity contribution is 0.0492. The van der Waals surface area contributed by atoms with Crippen molar-refractivity contribution in [3.05, 3.63) is 6.10 Å². The average molecular weight is 133 g/mol. The molecule has 0 unspecified atom stereocenters. The van der Waals surface area contributed by atoms with Crippen LogP contribution >= 0.6 is 0 Å². The second kappa shape index (κ2) is 2.62. The first kappa shape index (κ1) is 6.95. The van der Waals surface area contributed by atoms with E-state index < -0.39 is 12.2 Å². The van der Waals surface area contributed by atoms with E-state index in [0.717, 1.165) is 0 Å². The van der Waals surface area contributed by atoms with Crippen molar-refractivity contribution in [2.75, 3.05) is 13.2 Å². The van der Waals surface area contributed by atoms with Crippen molar-refractivity contribution < 1.29 is 20.1 Å². The van der Waals surface area contributed by atoms with Gasteiger partial charge in [-0.2, -0.15) is 0 Å². The van der Waals surface area contributed by atoms with E-state index in [0.29, 0.717) is 0 Å². The third-order valence-electron chi connectivity index (χ3n) is 1.29. The largest absolute Gasteiger partial charge is 0.393 e. The molecule has 9 heavy (non-hydrogen) atoms. The summed E-state index contributed by atoms with van der Waals surface area (Å²) in [6.45, 7) is -0.241. The molecule has 0 spiro atoms. The van der Waals surface area contributed by atoms with E-state index in [1.54, 1.807) is 0 Å². The first-order chi connectivity index (χ1) is 4.25. The van der Waals surface area contributed by atoms with Crippen LogP contribution in [0.1, 0.15) is 0 Å². The Bertz CT molecular complexity index is 95.0. The highest BCUT2D eigenvalue weighted by molar-refractivity contribution is 4.96. The van der Waals surface area contributed by atoms with E-state index in [-0.39, 0.29) is 19.3 Å². The SMILES string of the molecule is OC[C]1OC[C@H](O)[C@@H]1O. The van der Waals surface area contributed by atoms with Crippen molar-refractivity contribution in [3.8, 4) is 0 Å². The maximum absolute atomic E-state index is 8.89. The Kier molecular flexibility index (Phi) is 2.02. The molecule has 0 aliphatic carbocycles. The van der Waals surface area contributed by atoms with Gasteiger partial charge in [-0.15, -0.1) is 0 Å². The first-order valence-corrected chi connectivity index (χ1v) is 2.71. The molecule has 1 radical (unpaired) electrons. The molecule has 0 aromatic carbocycles. The lowest BCUT2D eigenvalue weighted by Gasteiger charge is -2.08. The van der Waals surface area contributed by atoms with Gasteiger partial charge in [-0.3, -0.25) is 0 Å². The maximum atomic E-state index is 8.89. The molecule has 0 aromatic heterocycles. The topological polar surface area (TPSA) is 69.9 Å². The Morgan fingerprint density at radius 1 is 1.56 bits per heavy atom. The van der Waals surface area contributed by atoms with E-state index >= 15 is 0 Å². The van der Waals surface area contributed by atoms with Crippen molar-refractivity contribution in [2.24, 2.45) is 0 Å². The molecule has 4 heteroatoms. The Labute approximate surface area is 52.7 Å². The molecular weight excluding hydrogens is 124 g/mol. The summed E-state index contributed by atoms with van der Waals surface area (Å²) in [7, 11) is 0. The fraction of sp³-hybridized carbons (Fsp3) is 0.800. The molecule has 1 aliphatic heterocycles. The van der Waals surface area contributed by atoms with Gasteiger partial charge in [0.15, 0.2) is 6.10 Å². The summed E-state index contributed by atoms with van der Waals surface area (Å²) in [5.74, 6) is 0. The molecule has 3 N–H and O–H groups in total. The van der Waals surface area contributed by atoms with Crippen molar-refractivity contribution >= 4 is 0 Å². The Balaban J connectivity index is 2.41. The summed E-state index contributed by atoms with van der Waals surface area (Å²) in [6.07, 6.45) is -1.72. The quantitative estimate of drug-likeness (QED) is 0.397. The summed E-state index contributed by atoms with van der Waals surface area (Å²) in [4.78, 5) is 0. The monoisotopic (exact) mass is 133 g/mol. The molecule has 1 aliphatic rings. The fourth-order valence-electron chi connectivity index (χ4n) is 0.723. The van der Waals surface area contributed by atoms with Crippen molar-refractivity contribution in [1.29, 1.82) is 0 Å². The number of rotatable bonds is 1. The molecule has 1 saturated heterocycles. The molecule has 0 saturated carbocycles. The third-order valence-corrected chi connectivity index (χ3v) is 1.29. The minimum atomic E-state index is -1.00. The Morgan fingerprint density at radius 3 is 2.44 bits per heavy atom. The molecule has 1 rings (SSSR count). The van der Waals surface area contributed by atoms with Gasteiger partial charge in [0, 0.05) is 0 Å². The average Bonchev–Trinajstić information content (AvgIpc) is 2.15. The normalized spacial score (nSPS) is 37.7. The summed E-state index contributed by atoms with van der Waals surface area (Å²) in [6, 6.07) is 0. The van der Waals surface area contributed by atoms with Crippen LogP contribution in [0.3, 0.4) is 0 Å². The number of ether oxygens (including phenoxy) is 1. The molecule has 0 bridgehead atoms. The first-order valence-electron chi connectivity index (χ1n) is 2.71. The van der Waals surface area contributed by atoms with Crippen LogP contribution in [0.4, 0.5) is 0 Å². The van der Waals surface area contributed by atoms with Gasteiger partial charge in [-0.05, 0) is 0 Å². The summed E-state index contributed by atoms with van der Waals surface area (Å²) >= 11 is 0. The smallest absolute Gasteiger partial charge is 0.153 e. The zero-order valence-electron chi connectivity index (χ0n) is 4.82. The molecule has 4 nitrogen and oxygen atoms in total. The minimum Gasteiger partial charge on any atom is -0.393 e. The predicted octanol–water partition coefficient (Wildman–Crippen LogP) is -1.74. The maximum Gasteiger partial charge on any atom is 0.153 e. The zero-order valence-corrected chi connectivity index (χ0v) is 4.82. The van der Waals surface area contributed by atoms with Gasteiger partial charge in [0.1, 0.15) is 12.2 Å². The second-order valence-electron chi connectivity index (χ2n) is 1.95. The van der Waals surface area contributed by atoms with Gasteiger partial charge in [0.05, 0.1) is 13.2 Å². The van der Waals surface area contributed by atoms with Crippen LogP contribution in [0, 0.1) is 6.10 Å². The highest BCUT2D eigenvalue weighted by atomic mass is 16.5. The highest BCUT2D eigenvalue weighted by Gasteiger charge is 2.34. The van der Waals surface area contributed by atoms with E-state index in [2.05, 4.69) is 0 Å². The summed E-state index contributed by atoms with van der Waals surface area (Å²) < 4.78 is 4.69. The van der Waals surface area contributed by atoms with Crippen LogP contribution in [0.15, 0.2) is 0 Å². The number of hydrogen-bond donors (Lipinski definition) is 3. The molecular formula is C5H9O4. The zero-order chi connectivity index (χ0) is 6.85. The van der Waals surface area contributed by atoms with Crippen LogP contribution in [0.25, 0.3) is 0 Å². The van der Waals surface area contributed by atoms with Gasteiger partial charge in [-0.1, -0.05) is 0 Å². The minimum absolute atomic E-state index is 0.0804. The Morgan fingerprint density at radius 2 is 2.22 bits per heavy atom. The lowest BCUT2D eigenvalue weighted by atomic mass is 10.2. The second-order valence-corrected chi connectivity index (χ2v) is 1.95. The van der Waals surface area contributed by atoms with Gasteiger partial charge < -0.3 is 20.1 Å². The molecule has 53 valence electrons. The molecule has 1 fully saturated rings. The number of hydrogen-bond acceptors (Lipinski definition) is 4. The van der Waals surface area contributed by atoms with Gasteiger partial charge in [-0.25, -0.2) is 0 Å². The van der Waals surface area contributed by atoms with Gasteiger partial charge in [0.2, 0.25) is 0 Å². The van der Waals surface area contributed by atoms with Crippen molar-refractivity contribution in [1.82, 2.24) is 0 Å². The Hall–Kier alpha value is -0.160. The van der Waals surface area contributed by atoms with Crippen LogP contribution in [0.2, 0.25) is 0 Å².